The first-order chi connectivity index (χ1) is 51.2. The minimum atomic E-state index is -0.359. The zero-order valence-electron chi connectivity index (χ0n) is 60.1. The molecule has 0 bridgehead atoms. The zero-order chi connectivity index (χ0) is 70.8. The van der Waals surface area contributed by atoms with E-state index in [9.17, 15) is 0 Å². The molecule has 0 radical (unpaired) electrons. The summed E-state index contributed by atoms with van der Waals surface area (Å²) in [5.74, 6) is 6.27. The van der Waals surface area contributed by atoms with Crippen molar-refractivity contribution in [3.05, 3.63) is 317 Å². The molecular formula is C93H72B3N5O4. The van der Waals surface area contributed by atoms with Crippen molar-refractivity contribution >= 4 is 149 Å². The van der Waals surface area contributed by atoms with Gasteiger partial charge in [0.25, 0.3) is 20.1 Å². The van der Waals surface area contributed by atoms with Crippen LogP contribution in [0.25, 0.3) is 0 Å². The highest BCUT2D eigenvalue weighted by Gasteiger charge is 2.49. The van der Waals surface area contributed by atoms with Gasteiger partial charge in [0.05, 0.1) is 22.7 Å². The van der Waals surface area contributed by atoms with Crippen LogP contribution in [0.3, 0.4) is 0 Å². The number of rotatable bonds is 10. The van der Waals surface area contributed by atoms with Crippen LogP contribution in [0.1, 0.15) is 50.1 Å². The van der Waals surface area contributed by atoms with Crippen LogP contribution in [0.4, 0.5) is 79.6 Å². The summed E-state index contributed by atoms with van der Waals surface area (Å²) >= 11 is 0. The number of ether oxygens (including phenoxy) is 4. The van der Waals surface area contributed by atoms with Gasteiger partial charge in [0, 0.05) is 98.7 Å². The highest BCUT2D eigenvalue weighted by molar-refractivity contribution is 7.03. The monoisotopic (exact) mass is 1360 g/mol. The van der Waals surface area contributed by atoms with Crippen LogP contribution >= 0.6 is 0 Å². The van der Waals surface area contributed by atoms with E-state index >= 15 is 0 Å². The zero-order valence-corrected chi connectivity index (χ0v) is 60.1. The Kier molecular flexibility index (Phi) is 14.1. The fraction of sp³-hybridized carbons (Fsp3) is 0.0968. The Hall–Kier alpha value is -12.5. The molecule has 1 N–H and O–H groups in total. The molecule has 14 aromatic carbocycles. The molecule has 105 heavy (non-hydrogen) atoms. The summed E-state index contributed by atoms with van der Waals surface area (Å²) in [7, 11) is 0. The van der Waals surface area contributed by atoms with Crippen LogP contribution in [0, 0.1) is 62.3 Å². The average Bonchev–Trinajstić information content (AvgIpc) is 0.694. The van der Waals surface area contributed by atoms with Crippen molar-refractivity contribution < 1.29 is 18.9 Å². The minimum Gasteiger partial charge on any atom is -0.458 e. The largest absolute Gasteiger partial charge is 0.458 e. The van der Waals surface area contributed by atoms with E-state index in [1.807, 2.05) is 0 Å². The lowest BCUT2D eigenvalue weighted by atomic mass is 9.30. The first-order valence-corrected chi connectivity index (χ1v) is 36.4. The van der Waals surface area contributed by atoms with Crippen molar-refractivity contribution in [1.82, 2.24) is 0 Å². The van der Waals surface area contributed by atoms with Gasteiger partial charge in [0.1, 0.15) is 46.0 Å². The molecule has 0 saturated carbocycles. The van der Waals surface area contributed by atoms with Crippen LogP contribution in [-0.2, 0) is 0 Å². The number of aryl methyl sites for hydroxylation is 9. The summed E-state index contributed by atoms with van der Waals surface area (Å²) in [6.07, 6.45) is 0. The lowest BCUT2D eigenvalue weighted by Gasteiger charge is -2.43. The van der Waals surface area contributed by atoms with E-state index in [1.165, 1.54) is 38.9 Å². The first-order valence-electron chi connectivity index (χ1n) is 36.4. The van der Waals surface area contributed by atoms with Crippen LogP contribution in [-0.4, -0.2) is 20.1 Å². The molecule has 0 spiro atoms. The van der Waals surface area contributed by atoms with Gasteiger partial charge in [0.2, 0.25) is 0 Å². The van der Waals surface area contributed by atoms with Crippen LogP contribution < -0.4 is 93.0 Å². The van der Waals surface area contributed by atoms with E-state index in [0.29, 0.717) is 0 Å². The summed E-state index contributed by atoms with van der Waals surface area (Å²) in [6.45, 7) is 18.7. The van der Waals surface area contributed by atoms with Crippen molar-refractivity contribution in [3.8, 4) is 46.0 Å². The van der Waals surface area contributed by atoms with Gasteiger partial charge in [0.15, 0.2) is 0 Å². The number of para-hydroxylation sites is 2. The predicted octanol–water partition coefficient (Wildman–Crippen LogP) is 18.7. The Morgan fingerprint density at radius 2 is 0.600 bits per heavy atom. The van der Waals surface area contributed by atoms with Crippen molar-refractivity contribution in [1.29, 1.82) is 0 Å². The van der Waals surface area contributed by atoms with E-state index in [-0.39, 0.29) is 20.1 Å². The third-order valence-electron chi connectivity index (χ3n) is 22.2. The quantitative estimate of drug-likeness (QED) is 0.135. The fourth-order valence-corrected chi connectivity index (χ4v) is 17.4. The third-order valence-corrected chi connectivity index (χ3v) is 22.2. The van der Waals surface area contributed by atoms with E-state index in [0.717, 1.165) is 186 Å². The smallest absolute Gasteiger partial charge is 0.260 e. The Balaban J connectivity index is 0.829. The summed E-state index contributed by atoms with van der Waals surface area (Å²) in [5.41, 5.74) is 34.6. The number of hydrogen-bond donors (Lipinski definition) is 1. The van der Waals surface area contributed by atoms with Crippen LogP contribution in [0.5, 0.6) is 46.0 Å². The summed E-state index contributed by atoms with van der Waals surface area (Å²) in [4.78, 5) is 9.55. The number of benzene rings is 14. The molecular weight excluding hydrogens is 1280 g/mol. The van der Waals surface area contributed by atoms with Crippen LogP contribution in [0.15, 0.2) is 267 Å². The van der Waals surface area contributed by atoms with Crippen LogP contribution in [0.2, 0.25) is 0 Å². The van der Waals surface area contributed by atoms with Gasteiger partial charge in [-0.25, -0.2) is 0 Å². The molecule has 6 aliphatic heterocycles. The summed E-state index contributed by atoms with van der Waals surface area (Å²) < 4.78 is 30.0. The van der Waals surface area contributed by atoms with E-state index in [1.54, 1.807) is 0 Å². The highest BCUT2D eigenvalue weighted by Crippen LogP contribution is 2.51. The Morgan fingerprint density at radius 1 is 0.248 bits per heavy atom. The molecule has 0 unspecified atom stereocenters. The molecule has 0 atom stereocenters. The molecule has 12 heteroatoms. The molecule has 14 aromatic rings. The third kappa shape index (κ3) is 10.1. The Labute approximate surface area is 614 Å². The molecule has 9 nitrogen and oxygen atoms in total. The molecule has 0 amide bonds. The molecule has 6 aliphatic rings. The normalized spacial score (nSPS) is 13.1. The average molecular weight is 1360 g/mol. The molecule has 0 aromatic heterocycles. The van der Waals surface area contributed by atoms with Gasteiger partial charge in [-0.05, 0) is 214 Å². The fourth-order valence-electron chi connectivity index (χ4n) is 17.4. The standard InChI is InChI=1S/C93H72B3N5O4/c1-54-18-30-63(31-19-54)98(64-32-20-55(2)21-33-64)69-44-79-90-86(46-69)102-82-16-12-10-14-72(82)94(90)74-50-76-84(52-78(74)97-79)104-88-48-71(100(67-38-26-58(5)27-39-67)68-40-28-59(6)29-41-68)49-89-92(88)96(76)77-51-75-80(53-85(77)105-89)101(93-61(8)42-60(7)43-62(93)9)81-45-70(47-87-91(81)95(75)73-15-11-13-17-83(73)103-87)99(65-34-22-56(3)23-35-65)66-36-24-57(4)25-37-66/h10-53,97H,1-9H3. The molecule has 0 saturated heterocycles. The predicted molar refractivity (Wildman–Crippen MR) is 438 cm³/mol. The number of nitrogens with zero attached hydrogens (tertiary/aromatic N) is 4. The van der Waals surface area contributed by atoms with Crippen molar-refractivity contribution in [2.45, 2.75) is 62.3 Å². The van der Waals surface area contributed by atoms with E-state index in [4.69, 9.17) is 18.9 Å². The van der Waals surface area contributed by atoms with Gasteiger partial charge < -0.3 is 43.9 Å². The topological polar surface area (TPSA) is 61.9 Å². The van der Waals surface area contributed by atoms with Gasteiger partial charge in [-0.15, -0.1) is 0 Å². The second kappa shape index (κ2) is 23.8. The van der Waals surface area contributed by atoms with Crippen molar-refractivity contribution in [3.63, 3.8) is 0 Å². The summed E-state index contributed by atoms with van der Waals surface area (Å²) in [5, 5.41) is 4.07. The molecule has 0 aliphatic carbocycles. The van der Waals surface area contributed by atoms with Crippen molar-refractivity contribution in [2.75, 3.05) is 24.9 Å². The van der Waals surface area contributed by atoms with E-state index < -0.39 is 0 Å². The second-order valence-corrected chi connectivity index (χ2v) is 29.6. The van der Waals surface area contributed by atoms with Gasteiger partial charge in [-0.1, -0.05) is 172 Å². The maximum Gasteiger partial charge on any atom is 0.260 e. The lowest BCUT2D eigenvalue weighted by molar-refractivity contribution is 0.465. The number of hydrogen-bond acceptors (Lipinski definition) is 9. The summed E-state index contributed by atoms with van der Waals surface area (Å²) in [6, 6.07) is 97.9. The molecule has 6 heterocycles. The minimum absolute atomic E-state index is 0.201. The van der Waals surface area contributed by atoms with Crippen molar-refractivity contribution in [2.24, 2.45) is 0 Å². The number of fused-ring (bicyclic) bond motifs is 12. The Morgan fingerprint density at radius 3 is 1.05 bits per heavy atom. The highest BCUT2D eigenvalue weighted by atomic mass is 16.5. The number of nitrogens with one attached hydrogen (secondary N) is 1. The maximum absolute atomic E-state index is 7.81. The molecule has 0 fully saturated rings. The second-order valence-electron chi connectivity index (χ2n) is 29.6. The van der Waals surface area contributed by atoms with Gasteiger partial charge >= 0.3 is 0 Å². The molecule has 20 rings (SSSR count). The first kappa shape index (κ1) is 62.3. The number of anilines is 14. The van der Waals surface area contributed by atoms with Gasteiger partial charge in [-0.3, -0.25) is 0 Å². The maximum atomic E-state index is 7.81. The Bertz CT molecular complexity index is 5810. The lowest BCUT2D eigenvalue weighted by Crippen LogP contribution is -2.64. The van der Waals surface area contributed by atoms with Gasteiger partial charge in [-0.2, -0.15) is 0 Å². The van der Waals surface area contributed by atoms with E-state index in [2.05, 4.69) is 354 Å². The molecule has 502 valence electrons. The SMILES string of the molecule is Cc1ccc(N(c2ccc(C)cc2)c2cc3c4c(c2)Oc2ccccc2B4c2cc4c(cc2N3)Oc2cc(N(c3ccc(C)cc3)c3ccc(C)cc3)cc3c2B4c2cc4c(cc2O3)N(c2c(C)cc(C)cc2C)c2cc(N(c3ccc(C)cc3)c3ccc(C)cc3)cc3c2B4c2ccccc2O3)cc1.